The predicted octanol–water partition coefficient (Wildman–Crippen LogP) is 3.75. The summed E-state index contributed by atoms with van der Waals surface area (Å²) in [6.45, 7) is 4.38. The summed E-state index contributed by atoms with van der Waals surface area (Å²) in [7, 11) is 0. The smallest absolute Gasteiger partial charge is 0.161 e. The largest absolute Gasteiger partial charge is 0.486 e. The minimum atomic E-state index is -0.0184. The number of fused-ring (bicyclic) bond motifs is 2. The molecule has 1 aliphatic rings. The molecular formula is C18H19N3O2S. The van der Waals surface area contributed by atoms with E-state index in [-0.39, 0.29) is 6.10 Å². The van der Waals surface area contributed by atoms with Gasteiger partial charge in [-0.25, -0.2) is 9.97 Å². The summed E-state index contributed by atoms with van der Waals surface area (Å²) < 4.78 is 12.0. The van der Waals surface area contributed by atoms with Crippen molar-refractivity contribution in [3.05, 3.63) is 42.0 Å². The zero-order chi connectivity index (χ0) is 16.4. The molecular weight excluding hydrogens is 322 g/mol. The Bertz CT molecular complexity index is 836. The Hall–Kier alpha value is -2.34. The fraction of sp³-hybridized carbons (Fsp3) is 0.333. The monoisotopic (exact) mass is 341 g/mol. The third-order valence-corrected chi connectivity index (χ3v) is 4.85. The van der Waals surface area contributed by atoms with Crippen molar-refractivity contribution in [2.45, 2.75) is 19.4 Å². The number of anilines is 1. The molecule has 0 saturated carbocycles. The van der Waals surface area contributed by atoms with Crippen molar-refractivity contribution in [1.29, 1.82) is 0 Å². The molecule has 0 N–H and O–H groups in total. The van der Waals surface area contributed by atoms with E-state index < -0.39 is 0 Å². The summed E-state index contributed by atoms with van der Waals surface area (Å²) in [5, 5.41) is 3.16. The summed E-state index contributed by atoms with van der Waals surface area (Å²) in [4.78, 5) is 12.2. The van der Waals surface area contributed by atoms with E-state index in [2.05, 4.69) is 33.2 Å². The number of nitrogens with zero attached hydrogens (tertiary/aromatic N) is 3. The van der Waals surface area contributed by atoms with Crippen LogP contribution in [0.1, 0.15) is 13.3 Å². The first-order valence-corrected chi connectivity index (χ1v) is 9.04. The van der Waals surface area contributed by atoms with Crippen molar-refractivity contribution >= 4 is 27.4 Å². The minimum absolute atomic E-state index is 0.0184. The van der Waals surface area contributed by atoms with E-state index >= 15 is 0 Å². The van der Waals surface area contributed by atoms with Gasteiger partial charge in [0.1, 0.15) is 23.6 Å². The van der Waals surface area contributed by atoms with Gasteiger partial charge in [0.15, 0.2) is 17.6 Å². The average Bonchev–Trinajstić information content (AvgIpc) is 3.10. The van der Waals surface area contributed by atoms with Crippen LogP contribution in [0.15, 0.2) is 42.0 Å². The Morgan fingerprint density at radius 1 is 1.21 bits per heavy atom. The highest BCUT2D eigenvalue weighted by atomic mass is 32.1. The molecule has 1 aliphatic heterocycles. The van der Waals surface area contributed by atoms with Crippen molar-refractivity contribution in [3.63, 3.8) is 0 Å². The van der Waals surface area contributed by atoms with Gasteiger partial charge in [-0.05, 0) is 30.0 Å². The second-order valence-electron chi connectivity index (χ2n) is 5.78. The van der Waals surface area contributed by atoms with Gasteiger partial charge in [-0.15, -0.1) is 11.3 Å². The molecule has 1 aromatic carbocycles. The number of aromatic nitrogens is 2. The fourth-order valence-electron chi connectivity index (χ4n) is 2.98. The van der Waals surface area contributed by atoms with Crippen LogP contribution in [0.2, 0.25) is 0 Å². The van der Waals surface area contributed by atoms with Crippen LogP contribution in [-0.4, -0.2) is 35.8 Å². The second-order valence-corrected chi connectivity index (χ2v) is 6.67. The van der Waals surface area contributed by atoms with Gasteiger partial charge in [-0.3, -0.25) is 0 Å². The van der Waals surface area contributed by atoms with Crippen LogP contribution >= 0.6 is 11.3 Å². The molecule has 124 valence electrons. The highest BCUT2D eigenvalue weighted by molar-refractivity contribution is 7.16. The highest BCUT2D eigenvalue weighted by Gasteiger charge is 2.24. The van der Waals surface area contributed by atoms with E-state index in [1.165, 1.54) is 0 Å². The molecule has 0 saturated heterocycles. The van der Waals surface area contributed by atoms with Gasteiger partial charge in [0.2, 0.25) is 0 Å². The fourth-order valence-corrected chi connectivity index (χ4v) is 3.71. The highest BCUT2D eigenvalue weighted by Crippen LogP contribution is 2.32. The number of thiophene rings is 1. The van der Waals surface area contributed by atoms with E-state index in [9.17, 15) is 0 Å². The van der Waals surface area contributed by atoms with Crippen LogP contribution < -0.4 is 14.4 Å². The molecule has 0 aliphatic carbocycles. The number of benzene rings is 1. The number of para-hydroxylation sites is 2. The van der Waals surface area contributed by atoms with Gasteiger partial charge in [-0.1, -0.05) is 19.1 Å². The lowest BCUT2D eigenvalue weighted by Crippen LogP contribution is -2.41. The van der Waals surface area contributed by atoms with Crippen LogP contribution in [0.4, 0.5) is 5.82 Å². The van der Waals surface area contributed by atoms with Crippen molar-refractivity contribution in [2.75, 3.05) is 24.6 Å². The van der Waals surface area contributed by atoms with Crippen LogP contribution in [0.5, 0.6) is 11.5 Å². The Kier molecular flexibility index (Phi) is 4.21. The molecule has 1 atom stereocenters. The molecule has 0 spiro atoms. The van der Waals surface area contributed by atoms with E-state index in [1.54, 1.807) is 17.7 Å². The molecule has 0 fully saturated rings. The molecule has 0 bridgehead atoms. The molecule has 5 nitrogen and oxygen atoms in total. The van der Waals surface area contributed by atoms with Crippen molar-refractivity contribution in [2.24, 2.45) is 0 Å². The van der Waals surface area contributed by atoms with Crippen molar-refractivity contribution in [3.8, 4) is 11.5 Å². The summed E-state index contributed by atoms with van der Waals surface area (Å²) in [6.07, 6.45) is 2.67. The maximum Gasteiger partial charge on any atom is 0.161 e. The number of hydrogen-bond donors (Lipinski definition) is 0. The van der Waals surface area contributed by atoms with Gasteiger partial charge in [0.25, 0.3) is 0 Å². The van der Waals surface area contributed by atoms with Gasteiger partial charge < -0.3 is 14.4 Å². The zero-order valence-corrected chi connectivity index (χ0v) is 14.3. The van der Waals surface area contributed by atoms with Gasteiger partial charge in [0, 0.05) is 6.54 Å². The quantitative estimate of drug-likeness (QED) is 0.707. The topological polar surface area (TPSA) is 47.5 Å². The predicted molar refractivity (Wildman–Crippen MR) is 96.3 cm³/mol. The van der Waals surface area contributed by atoms with Crippen LogP contribution in [-0.2, 0) is 0 Å². The minimum Gasteiger partial charge on any atom is -0.486 e. The number of ether oxygens (including phenoxy) is 2. The molecule has 2 aromatic heterocycles. The van der Waals surface area contributed by atoms with Gasteiger partial charge in [0.05, 0.1) is 11.9 Å². The number of rotatable bonds is 5. The molecule has 0 radical (unpaired) electrons. The van der Waals surface area contributed by atoms with E-state index in [0.29, 0.717) is 6.61 Å². The molecule has 0 unspecified atom stereocenters. The van der Waals surface area contributed by atoms with Crippen LogP contribution in [0.3, 0.4) is 0 Å². The molecule has 4 rings (SSSR count). The third-order valence-electron chi connectivity index (χ3n) is 4.03. The lowest BCUT2D eigenvalue weighted by molar-refractivity contribution is 0.0951. The summed E-state index contributed by atoms with van der Waals surface area (Å²) >= 11 is 1.64. The normalized spacial score (nSPS) is 16.3. The first kappa shape index (κ1) is 15.2. The lowest BCUT2D eigenvalue weighted by Gasteiger charge is -2.32. The Labute approximate surface area is 144 Å². The van der Waals surface area contributed by atoms with Gasteiger partial charge >= 0.3 is 0 Å². The van der Waals surface area contributed by atoms with Gasteiger partial charge in [-0.2, -0.15) is 0 Å². The van der Waals surface area contributed by atoms with Crippen LogP contribution in [0.25, 0.3) is 10.2 Å². The SMILES string of the molecule is CCCN(C[C@H]1COc2ccccc2O1)c1ncnc2sccc12. The summed E-state index contributed by atoms with van der Waals surface area (Å²) in [5.74, 6) is 2.61. The first-order valence-electron chi connectivity index (χ1n) is 8.17. The van der Waals surface area contributed by atoms with E-state index in [1.807, 2.05) is 24.3 Å². The maximum atomic E-state index is 6.12. The average molecular weight is 341 g/mol. The second kappa shape index (κ2) is 6.65. The molecule has 0 amide bonds. The Balaban J connectivity index is 1.57. The molecule has 6 heteroatoms. The first-order chi connectivity index (χ1) is 11.8. The summed E-state index contributed by atoms with van der Waals surface area (Å²) in [5.41, 5.74) is 0. The zero-order valence-electron chi connectivity index (χ0n) is 13.5. The Morgan fingerprint density at radius 2 is 2.08 bits per heavy atom. The Morgan fingerprint density at radius 3 is 2.96 bits per heavy atom. The summed E-state index contributed by atoms with van der Waals surface area (Å²) in [6, 6.07) is 9.90. The molecule has 24 heavy (non-hydrogen) atoms. The third kappa shape index (κ3) is 2.89. The van der Waals surface area contributed by atoms with E-state index in [0.717, 1.165) is 47.0 Å². The maximum absolute atomic E-state index is 6.12. The lowest BCUT2D eigenvalue weighted by atomic mass is 10.2. The standard InChI is InChI=1S/C18H19N3O2S/c1-2-8-21(17-14-7-9-24-18(14)20-12-19-17)10-13-11-22-15-5-3-4-6-16(15)23-13/h3-7,9,12-13H,2,8,10-11H2,1H3/t13-/m0/s1. The number of hydrogen-bond acceptors (Lipinski definition) is 6. The molecule has 3 heterocycles. The van der Waals surface area contributed by atoms with Crippen molar-refractivity contribution in [1.82, 2.24) is 9.97 Å². The van der Waals surface area contributed by atoms with Crippen LogP contribution in [0, 0.1) is 0 Å². The molecule has 3 aromatic rings. The van der Waals surface area contributed by atoms with E-state index in [4.69, 9.17) is 9.47 Å². The van der Waals surface area contributed by atoms with Crippen molar-refractivity contribution < 1.29 is 9.47 Å².